The summed E-state index contributed by atoms with van der Waals surface area (Å²) in [5, 5.41) is 10.8. The lowest BCUT2D eigenvalue weighted by Gasteiger charge is -2.14. The van der Waals surface area contributed by atoms with Gasteiger partial charge in [-0.05, 0) is 17.0 Å². The van der Waals surface area contributed by atoms with Crippen LogP contribution in [0.5, 0.6) is 5.75 Å². The van der Waals surface area contributed by atoms with Crippen molar-refractivity contribution in [1.82, 2.24) is 0 Å². The number of rotatable bonds is 3. The highest BCUT2D eigenvalue weighted by molar-refractivity contribution is 5.91. The molecule has 2 aromatic carbocycles. The fourth-order valence-electron chi connectivity index (χ4n) is 1.87. The Morgan fingerprint density at radius 1 is 1.06 bits per heavy atom. The molecular weight excluding hydrogens is 226 g/mol. The van der Waals surface area contributed by atoms with E-state index in [2.05, 4.69) is 0 Å². The lowest BCUT2D eigenvalue weighted by molar-refractivity contribution is -0.00496. The SMILES string of the molecule is COc1ccc(C(O)C(F)F)c2ccccc12. The van der Waals surface area contributed by atoms with Crippen LogP contribution in [0.1, 0.15) is 11.7 Å². The number of aliphatic hydroxyl groups excluding tert-OH is 1. The molecule has 4 heteroatoms. The van der Waals surface area contributed by atoms with Gasteiger partial charge in [0.1, 0.15) is 11.9 Å². The first kappa shape index (κ1) is 11.8. The zero-order chi connectivity index (χ0) is 12.4. The molecule has 17 heavy (non-hydrogen) atoms. The molecule has 0 aliphatic carbocycles. The summed E-state index contributed by atoms with van der Waals surface area (Å²) in [4.78, 5) is 0. The molecule has 2 rings (SSSR count). The molecule has 0 saturated carbocycles. The molecule has 0 fully saturated rings. The minimum Gasteiger partial charge on any atom is -0.496 e. The normalized spacial score (nSPS) is 13.0. The van der Waals surface area contributed by atoms with Gasteiger partial charge in [0.05, 0.1) is 7.11 Å². The van der Waals surface area contributed by atoms with Crippen molar-refractivity contribution in [3.05, 3.63) is 42.0 Å². The number of fused-ring (bicyclic) bond motifs is 1. The van der Waals surface area contributed by atoms with Crippen LogP contribution in [-0.2, 0) is 0 Å². The molecule has 0 bridgehead atoms. The largest absolute Gasteiger partial charge is 0.496 e. The summed E-state index contributed by atoms with van der Waals surface area (Å²) in [5.41, 5.74) is 0.219. The maximum atomic E-state index is 12.5. The first-order valence-electron chi connectivity index (χ1n) is 5.17. The first-order valence-corrected chi connectivity index (χ1v) is 5.17. The Morgan fingerprint density at radius 2 is 1.71 bits per heavy atom. The highest BCUT2D eigenvalue weighted by Crippen LogP contribution is 2.33. The summed E-state index contributed by atoms with van der Waals surface area (Å²) in [6.07, 6.45) is -4.57. The van der Waals surface area contributed by atoms with Crippen LogP contribution in [0.4, 0.5) is 8.78 Å². The summed E-state index contributed by atoms with van der Waals surface area (Å²) in [5.74, 6) is 0.603. The Kier molecular flexibility index (Phi) is 3.24. The Morgan fingerprint density at radius 3 is 2.29 bits per heavy atom. The zero-order valence-electron chi connectivity index (χ0n) is 9.23. The van der Waals surface area contributed by atoms with E-state index in [0.717, 1.165) is 0 Å². The van der Waals surface area contributed by atoms with Gasteiger partial charge in [0.2, 0.25) is 0 Å². The molecule has 0 aromatic heterocycles. The van der Waals surface area contributed by atoms with E-state index in [-0.39, 0.29) is 5.56 Å². The van der Waals surface area contributed by atoms with Gasteiger partial charge in [0.25, 0.3) is 6.43 Å². The van der Waals surface area contributed by atoms with Crippen LogP contribution in [0.2, 0.25) is 0 Å². The van der Waals surface area contributed by atoms with E-state index in [1.807, 2.05) is 0 Å². The van der Waals surface area contributed by atoms with Crippen molar-refractivity contribution < 1.29 is 18.6 Å². The van der Waals surface area contributed by atoms with E-state index in [4.69, 9.17) is 4.74 Å². The third-order valence-electron chi connectivity index (χ3n) is 2.70. The Labute approximate surface area is 97.4 Å². The second-order valence-electron chi connectivity index (χ2n) is 3.68. The highest BCUT2D eigenvalue weighted by atomic mass is 19.3. The van der Waals surface area contributed by atoms with Crippen LogP contribution in [0.15, 0.2) is 36.4 Å². The molecule has 2 aromatic rings. The second-order valence-corrected chi connectivity index (χ2v) is 3.68. The standard InChI is InChI=1S/C13H12F2O2/c1-17-11-7-6-10(12(16)13(14)15)8-4-2-3-5-9(8)11/h2-7,12-13,16H,1H3. The Bertz CT molecular complexity index is 526. The van der Waals surface area contributed by atoms with Crippen molar-refractivity contribution in [2.45, 2.75) is 12.5 Å². The van der Waals surface area contributed by atoms with Crippen molar-refractivity contribution in [3.63, 3.8) is 0 Å². The van der Waals surface area contributed by atoms with Gasteiger partial charge in [-0.25, -0.2) is 8.78 Å². The summed E-state index contributed by atoms with van der Waals surface area (Å²) >= 11 is 0. The number of halogens is 2. The number of benzene rings is 2. The quantitative estimate of drug-likeness (QED) is 0.890. The Balaban J connectivity index is 2.66. The molecule has 0 aliphatic heterocycles. The van der Waals surface area contributed by atoms with E-state index in [1.54, 1.807) is 30.3 Å². The maximum absolute atomic E-state index is 12.5. The number of ether oxygens (including phenoxy) is 1. The average Bonchev–Trinajstić information content (AvgIpc) is 2.36. The number of hydrogen-bond donors (Lipinski definition) is 1. The van der Waals surface area contributed by atoms with Gasteiger partial charge in [-0.2, -0.15) is 0 Å². The third kappa shape index (κ3) is 2.08. The van der Waals surface area contributed by atoms with Gasteiger partial charge in [-0.3, -0.25) is 0 Å². The maximum Gasteiger partial charge on any atom is 0.268 e. The van der Waals surface area contributed by atoms with E-state index < -0.39 is 12.5 Å². The van der Waals surface area contributed by atoms with Gasteiger partial charge < -0.3 is 9.84 Å². The monoisotopic (exact) mass is 238 g/mol. The van der Waals surface area contributed by atoms with Crippen LogP contribution >= 0.6 is 0 Å². The van der Waals surface area contributed by atoms with Gasteiger partial charge >= 0.3 is 0 Å². The smallest absolute Gasteiger partial charge is 0.268 e. The highest BCUT2D eigenvalue weighted by Gasteiger charge is 2.21. The summed E-state index contributed by atoms with van der Waals surface area (Å²) in [7, 11) is 1.52. The number of aliphatic hydroxyl groups is 1. The lowest BCUT2D eigenvalue weighted by atomic mass is 10.00. The topological polar surface area (TPSA) is 29.5 Å². The zero-order valence-corrected chi connectivity index (χ0v) is 9.23. The van der Waals surface area contributed by atoms with Gasteiger partial charge in [-0.15, -0.1) is 0 Å². The van der Waals surface area contributed by atoms with Crippen molar-refractivity contribution in [3.8, 4) is 5.75 Å². The molecule has 0 radical (unpaired) electrons. The number of hydrogen-bond acceptors (Lipinski definition) is 2. The second kappa shape index (κ2) is 4.67. The Hall–Kier alpha value is -1.68. The summed E-state index contributed by atoms with van der Waals surface area (Å²) in [6, 6.07) is 10.1. The van der Waals surface area contributed by atoms with Crippen LogP contribution in [-0.4, -0.2) is 18.6 Å². The predicted molar refractivity (Wildman–Crippen MR) is 61.5 cm³/mol. The summed E-state index contributed by atoms with van der Waals surface area (Å²) < 4.78 is 30.2. The summed E-state index contributed by atoms with van der Waals surface area (Å²) in [6.45, 7) is 0. The van der Waals surface area contributed by atoms with Crippen molar-refractivity contribution in [2.75, 3.05) is 7.11 Å². The fraction of sp³-hybridized carbons (Fsp3) is 0.231. The molecule has 0 heterocycles. The third-order valence-corrected chi connectivity index (χ3v) is 2.70. The number of methoxy groups -OCH3 is 1. The van der Waals surface area contributed by atoms with Gasteiger partial charge in [0, 0.05) is 5.39 Å². The molecule has 0 saturated heterocycles. The van der Waals surface area contributed by atoms with Crippen LogP contribution in [0, 0.1) is 0 Å². The molecule has 1 N–H and O–H groups in total. The van der Waals surface area contributed by atoms with E-state index in [1.165, 1.54) is 13.2 Å². The first-order chi connectivity index (χ1) is 8.15. The average molecular weight is 238 g/mol. The van der Waals surface area contributed by atoms with E-state index >= 15 is 0 Å². The fourth-order valence-corrected chi connectivity index (χ4v) is 1.87. The molecular formula is C13H12F2O2. The minimum absolute atomic E-state index is 0.219. The predicted octanol–water partition coefficient (Wildman–Crippen LogP) is 3.15. The van der Waals surface area contributed by atoms with Crippen molar-refractivity contribution in [1.29, 1.82) is 0 Å². The molecule has 0 amide bonds. The molecule has 0 spiro atoms. The van der Waals surface area contributed by atoms with Crippen molar-refractivity contribution in [2.24, 2.45) is 0 Å². The lowest BCUT2D eigenvalue weighted by Crippen LogP contribution is -2.08. The molecule has 90 valence electrons. The van der Waals surface area contributed by atoms with Gasteiger partial charge in [0.15, 0.2) is 0 Å². The van der Waals surface area contributed by atoms with E-state index in [0.29, 0.717) is 16.5 Å². The van der Waals surface area contributed by atoms with Crippen LogP contribution in [0.25, 0.3) is 10.8 Å². The molecule has 0 aliphatic rings. The molecule has 2 nitrogen and oxygen atoms in total. The molecule has 1 atom stereocenters. The van der Waals surface area contributed by atoms with Crippen LogP contribution in [0.3, 0.4) is 0 Å². The van der Waals surface area contributed by atoms with E-state index in [9.17, 15) is 13.9 Å². The minimum atomic E-state index is -2.80. The molecule has 1 unspecified atom stereocenters. The van der Waals surface area contributed by atoms with Crippen molar-refractivity contribution >= 4 is 10.8 Å². The van der Waals surface area contributed by atoms with Crippen LogP contribution < -0.4 is 4.74 Å². The number of alkyl halides is 2. The van der Waals surface area contributed by atoms with Gasteiger partial charge in [-0.1, -0.05) is 30.3 Å².